The molecule has 2 aromatic rings. The fourth-order valence-electron chi connectivity index (χ4n) is 1.68. The van der Waals surface area contributed by atoms with Gasteiger partial charge in [0.2, 0.25) is 12.1 Å². The van der Waals surface area contributed by atoms with E-state index in [1.165, 1.54) is 6.33 Å². The van der Waals surface area contributed by atoms with Crippen LogP contribution in [-0.2, 0) is 7.05 Å². The summed E-state index contributed by atoms with van der Waals surface area (Å²) in [5, 5.41) is 13.9. The minimum Gasteiger partial charge on any atom is -0.464 e. The fourth-order valence-corrected chi connectivity index (χ4v) is 1.68. The molecule has 1 unspecified atom stereocenters. The van der Waals surface area contributed by atoms with Gasteiger partial charge in [0.15, 0.2) is 0 Å². The third-order valence-corrected chi connectivity index (χ3v) is 2.63. The molecule has 0 spiro atoms. The molecule has 18 heavy (non-hydrogen) atoms. The average Bonchev–Trinajstić information content (AvgIpc) is 2.87. The number of rotatable bonds is 4. The van der Waals surface area contributed by atoms with Crippen LogP contribution in [0.5, 0.6) is 0 Å². The van der Waals surface area contributed by atoms with Gasteiger partial charge in [0.1, 0.15) is 11.5 Å². The van der Waals surface area contributed by atoms with Gasteiger partial charge in [-0.3, -0.25) is 4.57 Å². The van der Waals surface area contributed by atoms with Crippen molar-refractivity contribution in [3.8, 4) is 0 Å². The first-order valence-corrected chi connectivity index (χ1v) is 5.47. The summed E-state index contributed by atoms with van der Waals surface area (Å²) < 4.78 is 7.05. The van der Waals surface area contributed by atoms with E-state index in [0.29, 0.717) is 5.82 Å². The standard InChI is InChI=1S/C11H14N4O3/c1-7-4-5-9(18-7)8(2)13-11-10(15(16)17)12-6-14(11)3/h4-6,8,13H,1-3H3. The number of imidazole rings is 1. The van der Waals surface area contributed by atoms with E-state index in [4.69, 9.17) is 4.42 Å². The lowest BCUT2D eigenvalue weighted by Gasteiger charge is -2.12. The molecule has 0 aliphatic rings. The van der Waals surface area contributed by atoms with E-state index < -0.39 is 4.92 Å². The third-order valence-electron chi connectivity index (χ3n) is 2.63. The van der Waals surface area contributed by atoms with Crippen molar-refractivity contribution < 1.29 is 9.34 Å². The molecule has 2 aromatic heterocycles. The van der Waals surface area contributed by atoms with Crippen molar-refractivity contribution in [1.82, 2.24) is 9.55 Å². The molecule has 2 rings (SSSR count). The highest BCUT2D eigenvalue weighted by Crippen LogP contribution is 2.26. The molecule has 0 aromatic carbocycles. The zero-order valence-corrected chi connectivity index (χ0v) is 10.4. The quantitative estimate of drug-likeness (QED) is 0.665. The van der Waals surface area contributed by atoms with Gasteiger partial charge in [-0.25, -0.2) is 0 Å². The molecule has 7 nitrogen and oxygen atoms in total. The minimum atomic E-state index is -0.511. The van der Waals surface area contributed by atoms with Crippen molar-refractivity contribution in [3.63, 3.8) is 0 Å². The van der Waals surface area contributed by atoms with Gasteiger partial charge in [-0.1, -0.05) is 0 Å². The molecule has 0 saturated carbocycles. The number of nitrogens with one attached hydrogen (secondary N) is 1. The summed E-state index contributed by atoms with van der Waals surface area (Å²) >= 11 is 0. The minimum absolute atomic E-state index is 0.173. The largest absolute Gasteiger partial charge is 0.464 e. The SMILES string of the molecule is Cc1ccc(C(C)Nc2c([N+](=O)[O-])ncn2C)o1. The zero-order chi connectivity index (χ0) is 13.3. The van der Waals surface area contributed by atoms with Gasteiger partial charge in [-0.05, 0) is 35.9 Å². The maximum absolute atomic E-state index is 10.8. The highest BCUT2D eigenvalue weighted by molar-refractivity contribution is 5.53. The third kappa shape index (κ3) is 2.20. The smallest absolute Gasteiger partial charge is 0.406 e. The maximum atomic E-state index is 10.8. The number of hydrogen-bond donors (Lipinski definition) is 1. The first-order chi connectivity index (χ1) is 8.49. The van der Waals surface area contributed by atoms with Gasteiger partial charge < -0.3 is 19.8 Å². The van der Waals surface area contributed by atoms with Crippen LogP contribution in [0.4, 0.5) is 11.6 Å². The number of hydrogen-bond acceptors (Lipinski definition) is 5. The number of aromatic nitrogens is 2. The second kappa shape index (κ2) is 4.52. The summed E-state index contributed by atoms with van der Waals surface area (Å²) in [6, 6.07) is 3.52. The van der Waals surface area contributed by atoms with Crippen LogP contribution >= 0.6 is 0 Å². The Morgan fingerprint density at radius 2 is 2.28 bits per heavy atom. The van der Waals surface area contributed by atoms with Crippen LogP contribution in [-0.4, -0.2) is 14.5 Å². The molecule has 0 saturated heterocycles. The lowest BCUT2D eigenvalue weighted by molar-refractivity contribution is -0.388. The molecule has 0 aliphatic heterocycles. The van der Waals surface area contributed by atoms with Crippen molar-refractivity contribution >= 4 is 11.6 Å². The van der Waals surface area contributed by atoms with Crippen LogP contribution in [0.25, 0.3) is 0 Å². The predicted octanol–water partition coefficient (Wildman–Crippen LogP) is 2.40. The number of aryl methyl sites for hydroxylation is 2. The molecule has 0 bridgehead atoms. The van der Waals surface area contributed by atoms with E-state index in [1.807, 2.05) is 26.0 Å². The van der Waals surface area contributed by atoms with E-state index in [-0.39, 0.29) is 11.9 Å². The van der Waals surface area contributed by atoms with E-state index >= 15 is 0 Å². The second-order valence-electron chi connectivity index (χ2n) is 4.10. The summed E-state index contributed by atoms with van der Waals surface area (Å²) in [4.78, 5) is 14.0. The van der Waals surface area contributed by atoms with E-state index in [2.05, 4.69) is 10.3 Å². The van der Waals surface area contributed by atoms with Crippen molar-refractivity contribution in [2.45, 2.75) is 19.9 Å². The lowest BCUT2D eigenvalue weighted by Crippen LogP contribution is -2.10. The van der Waals surface area contributed by atoms with Crippen molar-refractivity contribution in [2.24, 2.45) is 7.05 Å². The molecule has 0 fully saturated rings. The maximum Gasteiger partial charge on any atom is 0.406 e. The van der Waals surface area contributed by atoms with Crippen LogP contribution in [0.2, 0.25) is 0 Å². The van der Waals surface area contributed by atoms with Gasteiger partial charge in [-0.2, -0.15) is 0 Å². The van der Waals surface area contributed by atoms with E-state index in [9.17, 15) is 10.1 Å². The molecule has 1 N–H and O–H groups in total. The van der Waals surface area contributed by atoms with Crippen LogP contribution in [0.15, 0.2) is 22.9 Å². The van der Waals surface area contributed by atoms with Crippen LogP contribution in [0.1, 0.15) is 24.5 Å². The van der Waals surface area contributed by atoms with Crippen LogP contribution in [0.3, 0.4) is 0 Å². The molecule has 0 aliphatic carbocycles. The van der Waals surface area contributed by atoms with Gasteiger partial charge in [0, 0.05) is 7.05 Å². The molecule has 7 heteroatoms. The highest BCUT2D eigenvalue weighted by atomic mass is 16.6. The topological polar surface area (TPSA) is 86.1 Å². The Labute approximate surface area is 104 Å². The highest BCUT2D eigenvalue weighted by Gasteiger charge is 2.22. The number of furan rings is 1. The monoisotopic (exact) mass is 250 g/mol. The molecular weight excluding hydrogens is 236 g/mol. The molecule has 1 atom stereocenters. The Kier molecular flexibility index (Phi) is 3.05. The van der Waals surface area contributed by atoms with Crippen LogP contribution in [0, 0.1) is 17.0 Å². The first kappa shape index (κ1) is 12.2. The van der Waals surface area contributed by atoms with Gasteiger partial charge in [-0.15, -0.1) is 0 Å². The summed E-state index contributed by atoms with van der Waals surface area (Å²) in [5.41, 5.74) is 0. The molecule has 2 heterocycles. The van der Waals surface area contributed by atoms with E-state index in [0.717, 1.165) is 11.5 Å². The lowest BCUT2D eigenvalue weighted by atomic mass is 10.2. The molecule has 96 valence electrons. The van der Waals surface area contributed by atoms with E-state index in [1.54, 1.807) is 11.6 Å². The van der Waals surface area contributed by atoms with Crippen molar-refractivity contribution in [1.29, 1.82) is 0 Å². The summed E-state index contributed by atoms with van der Waals surface area (Å²) in [6.45, 7) is 3.72. The van der Waals surface area contributed by atoms with Crippen molar-refractivity contribution in [3.05, 3.63) is 40.1 Å². The predicted molar refractivity (Wildman–Crippen MR) is 65.3 cm³/mol. The molecule has 0 radical (unpaired) electrons. The Morgan fingerprint density at radius 3 is 2.83 bits per heavy atom. The normalized spacial score (nSPS) is 12.4. The zero-order valence-electron chi connectivity index (χ0n) is 10.4. The van der Waals surface area contributed by atoms with Gasteiger partial charge in [0.05, 0.1) is 6.04 Å². The first-order valence-electron chi connectivity index (χ1n) is 5.47. The molecule has 0 amide bonds. The Morgan fingerprint density at radius 1 is 1.56 bits per heavy atom. The second-order valence-corrected chi connectivity index (χ2v) is 4.10. The van der Waals surface area contributed by atoms with Gasteiger partial charge >= 0.3 is 5.82 Å². The Balaban J connectivity index is 2.23. The van der Waals surface area contributed by atoms with Crippen molar-refractivity contribution in [2.75, 3.05) is 5.32 Å². The molecular formula is C11H14N4O3. The fraction of sp³-hybridized carbons (Fsp3) is 0.364. The Bertz CT molecular complexity index is 573. The number of anilines is 1. The summed E-state index contributed by atoms with van der Waals surface area (Å²) in [6.07, 6.45) is 1.40. The van der Waals surface area contributed by atoms with Crippen LogP contribution < -0.4 is 5.32 Å². The number of nitrogens with zero attached hydrogens (tertiary/aromatic N) is 3. The summed E-state index contributed by atoms with van der Waals surface area (Å²) in [7, 11) is 1.70. The summed E-state index contributed by atoms with van der Waals surface area (Å²) in [5.74, 6) is 1.70. The van der Waals surface area contributed by atoms with Gasteiger partial charge in [0.25, 0.3) is 0 Å². The Hall–Kier alpha value is -2.31. The average molecular weight is 250 g/mol. The number of nitro groups is 1.